The molecular formula is C15H15ClN2O. The van der Waals surface area contributed by atoms with Crippen LogP contribution < -0.4 is 10.6 Å². The summed E-state index contributed by atoms with van der Waals surface area (Å²) in [5.41, 5.74) is 7.28. The molecule has 0 fully saturated rings. The zero-order valence-corrected chi connectivity index (χ0v) is 11.2. The number of halogens is 1. The second-order valence-electron chi connectivity index (χ2n) is 4.15. The minimum absolute atomic E-state index is 0.0184. The Labute approximate surface area is 117 Å². The lowest BCUT2D eigenvalue weighted by Crippen LogP contribution is -2.35. The lowest BCUT2D eigenvalue weighted by molar-refractivity contribution is -0.117. The minimum atomic E-state index is -0.119. The molecule has 0 radical (unpaired) electrons. The predicted octanol–water partition coefficient (Wildman–Crippen LogP) is 2.83. The summed E-state index contributed by atoms with van der Waals surface area (Å²) in [5, 5.41) is 0.658. The fraction of sp³-hybridized carbons (Fsp3) is 0.133. The van der Waals surface area contributed by atoms with Crippen LogP contribution in [0, 0.1) is 0 Å². The summed E-state index contributed by atoms with van der Waals surface area (Å²) in [4.78, 5) is 13.6. The van der Waals surface area contributed by atoms with Gasteiger partial charge in [-0.05, 0) is 29.8 Å². The first-order valence-electron chi connectivity index (χ1n) is 6.00. The molecule has 0 atom stereocenters. The van der Waals surface area contributed by atoms with Crippen LogP contribution in [0.3, 0.4) is 0 Å². The highest BCUT2D eigenvalue weighted by molar-refractivity contribution is 6.30. The Bertz CT molecular complexity index is 557. The van der Waals surface area contributed by atoms with E-state index in [1.165, 1.54) is 0 Å². The van der Waals surface area contributed by atoms with Crippen LogP contribution in [0.4, 0.5) is 5.69 Å². The maximum absolute atomic E-state index is 12.0. The number of amides is 1. The first-order valence-corrected chi connectivity index (χ1v) is 6.38. The maximum Gasteiger partial charge on any atom is 0.241 e. The van der Waals surface area contributed by atoms with Crippen molar-refractivity contribution in [1.29, 1.82) is 0 Å². The van der Waals surface area contributed by atoms with Crippen molar-refractivity contribution in [2.24, 2.45) is 5.73 Å². The van der Waals surface area contributed by atoms with E-state index in [9.17, 15) is 4.79 Å². The predicted molar refractivity (Wildman–Crippen MR) is 78.1 cm³/mol. The van der Waals surface area contributed by atoms with E-state index in [-0.39, 0.29) is 12.5 Å². The van der Waals surface area contributed by atoms with Crippen LogP contribution in [-0.2, 0) is 11.3 Å². The van der Waals surface area contributed by atoms with Gasteiger partial charge < -0.3 is 10.6 Å². The zero-order chi connectivity index (χ0) is 13.7. The molecule has 0 spiro atoms. The van der Waals surface area contributed by atoms with Gasteiger partial charge in [0.1, 0.15) is 0 Å². The number of carbonyl (C=O) groups excluding carboxylic acids is 1. The van der Waals surface area contributed by atoms with E-state index in [4.69, 9.17) is 17.3 Å². The van der Waals surface area contributed by atoms with Crippen LogP contribution in [0.15, 0.2) is 54.6 Å². The standard InChI is InChI=1S/C15H15ClN2O/c16-13-6-4-5-12(9-13)11-18(15(19)10-17)14-7-2-1-3-8-14/h1-9H,10-11,17H2. The normalized spacial score (nSPS) is 10.2. The molecule has 0 aromatic heterocycles. The summed E-state index contributed by atoms with van der Waals surface area (Å²) < 4.78 is 0. The Balaban J connectivity index is 2.27. The third-order valence-electron chi connectivity index (χ3n) is 2.77. The van der Waals surface area contributed by atoms with Gasteiger partial charge >= 0.3 is 0 Å². The number of rotatable bonds is 4. The number of hydrogen-bond donors (Lipinski definition) is 1. The SMILES string of the molecule is NCC(=O)N(Cc1cccc(Cl)c1)c1ccccc1. The largest absolute Gasteiger partial charge is 0.322 e. The lowest BCUT2D eigenvalue weighted by Gasteiger charge is -2.22. The Morgan fingerprint density at radius 2 is 1.84 bits per heavy atom. The molecule has 2 rings (SSSR count). The van der Waals surface area contributed by atoms with E-state index in [1.54, 1.807) is 4.90 Å². The molecule has 0 aliphatic rings. The molecular weight excluding hydrogens is 260 g/mol. The zero-order valence-electron chi connectivity index (χ0n) is 10.4. The molecule has 2 aromatic rings. The van der Waals surface area contributed by atoms with Crippen LogP contribution in [0.2, 0.25) is 5.02 Å². The lowest BCUT2D eigenvalue weighted by atomic mass is 10.2. The molecule has 0 saturated heterocycles. The molecule has 3 nitrogen and oxygen atoms in total. The molecule has 0 bridgehead atoms. The summed E-state index contributed by atoms with van der Waals surface area (Å²) >= 11 is 5.96. The Morgan fingerprint density at radius 3 is 2.47 bits per heavy atom. The van der Waals surface area contributed by atoms with Crippen molar-refractivity contribution in [3.63, 3.8) is 0 Å². The van der Waals surface area contributed by atoms with Gasteiger partial charge in [-0.15, -0.1) is 0 Å². The molecule has 0 heterocycles. The highest BCUT2D eigenvalue weighted by Crippen LogP contribution is 2.18. The molecule has 98 valence electrons. The average molecular weight is 275 g/mol. The van der Waals surface area contributed by atoms with Gasteiger partial charge in [-0.1, -0.05) is 41.9 Å². The topological polar surface area (TPSA) is 46.3 Å². The van der Waals surface area contributed by atoms with Gasteiger partial charge in [0.05, 0.1) is 13.1 Å². The molecule has 0 aliphatic heterocycles. The van der Waals surface area contributed by atoms with Crippen LogP contribution in [0.5, 0.6) is 0 Å². The molecule has 1 amide bonds. The maximum atomic E-state index is 12.0. The fourth-order valence-corrected chi connectivity index (χ4v) is 2.07. The van der Waals surface area contributed by atoms with Crippen molar-refractivity contribution >= 4 is 23.2 Å². The van der Waals surface area contributed by atoms with Gasteiger partial charge in [0, 0.05) is 10.7 Å². The second kappa shape index (κ2) is 6.36. The minimum Gasteiger partial charge on any atom is -0.322 e. The van der Waals surface area contributed by atoms with Crippen molar-refractivity contribution in [3.05, 3.63) is 65.2 Å². The van der Waals surface area contributed by atoms with E-state index in [0.717, 1.165) is 11.3 Å². The molecule has 2 aromatic carbocycles. The van der Waals surface area contributed by atoms with Crippen molar-refractivity contribution in [3.8, 4) is 0 Å². The molecule has 4 heteroatoms. The molecule has 19 heavy (non-hydrogen) atoms. The van der Waals surface area contributed by atoms with E-state index in [0.29, 0.717) is 11.6 Å². The monoisotopic (exact) mass is 274 g/mol. The van der Waals surface area contributed by atoms with Crippen LogP contribution in [-0.4, -0.2) is 12.5 Å². The smallest absolute Gasteiger partial charge is 0.241 e. The van der Waals surface area contributed by atoms with Crippen LogP contribution in [0.25, 0.3) is 0 Å². The number of nitrogens with two attached hydrogens (primary N) is 1. The summed E-state index contributed by atoms with van der Waals surface area (Å²) in [7, 11) is 0. The number of para-hydroxylation sites is 1. The number of hydrogen-bond acceptors (Lipinski definition) is 2. The van der Waals surface area contributed by atoms with Crippen molar-refractivity contribution in [2.75, 3.05) is 11.4 Å². The Kier molecular flexibility index (Phi) is 4.55. The van der Waals surface area contributed by atoms with Crippen molar-refractivity contribution in [1.82, 2.24) is 0 Å². The summed E-state index contributed by atoms with van der Waals surface area (Å²) in [5.74, 6) is -0.119. The van der Waals surface area contributed by atoms with E-state index < -0.39 is 0 Å². The number of carbonyl (C=O) groups is 1. The number of anilines is 1. The van der Waals surface area contributed by atoms with Crippen LogP contribution >= 0.6 is 11.6 Å². The Morgan fingerprint density at radius 1 is 1.11 bits per heavy atom. The molecule has 0 aliphatic carbocycles. The molecule has 0 saturated carbocycles. The van der Waals surface area contributed by atoms with Gasteiger partial charge in [0.25, 0.3) is 0 Å². The highest BCUT2D eigenvalue weighted by Gasteiger charge is 2.14. The average Bonchev–Trinajstić information content (AvgIpc) is 2.45. The molecule has 0 unspecified atom stereocenters. The fourth-order valence-electron chi connectivity index (χ4n) is 1.86. The first-order chi connectivity index (χ1) is 9.20. The van der Waals surface area contributed by atoms with Gasteiger partial charge in [-0.2, -0.15) is 0 Å². The van der Waals surface area contributed by atoms with Gasteiger partial charge in [-0.25, -0.2) is 0 Å². The van der Waals surface area contributed by atoms with E-state index in [1.807, 2.05) is 54.6 Å². The third-order valence-corrected chi connectivity index (χ3v) is 3.01. The number of nitrogens with zero attached hydrogens (tertiary/aromatic N) is 1. The summed E-state index contributed by atoms with van der Waals surface area (Å²) in [6, 6.07) is 16.9. The number of benzene rings is 2. The van der Waals surface area contributed by atoms with Gasteiger partial charge in [-0.3, -0.25) is 4.79 Å². The highest BCUT2D eigenvalue weighted by atomic mass is 35.5. The summed E-state index contributed by atoms with van der Waals surface area (Å²) in [6.45, 7) is 0.441. The van der Waals surface area contributed by atoms with Crippen LogP contribution in [0.1, 0.15) is 5.56 Å². The third kappa shape index (κ3) is 3.56. The molecule has 2 N–H and O–H groups in total. The van der Waals surface area contributed by atoms with Crippen molar-refractivity contribution in [2.45, 2.75) is 6.54 Å². The first kappa shape index (κ1) is 13.6. The van der Waals surface area contributed by atoms with Crippen molar-refractivity contribution < 1.29 is 4.79 Å². The second-order valence-corrected chi connectivity index (χ2v) is 4.59. The van der Waals surface area contributed by atoms with E-state index >= 15 is 0 Å². The Hall–Kier alpha value is -1.84. The van der Waals surface area contributed by atoms with Gasteiger partial charge in [0.15, 0.2) is 0 Å². The van der Waals surface area contributed by atoms with Gasteiger partial charge in [0.2, 0.25) is 5.91 Å². The van der Waals surface area contributed by atoms with E-state index in [2.05, 4.69) is 0 Å². The summed E-state index contributed by atoms with van der Waals surface area (Å²) in [6.07, 6.45) is 0. The quantitative estimate of drug-likeness (QED) is 0.932.